The van der Waals surface area contributed by atoms with Crippen LogP contribution in [0.4, 0.5) is 24.7 Å². The summed E-state index contributed by atoms with van der Waals surface area (Å²) in [6, 6.07) is 1.19. The Balaban J connectivity index is 1.88. The van der Waals surface area contributed by atoms with E-state index in [0.29, 0.717) is 0 Å². The van der Waals surface area contributed by atoms with E-state index in [1.807, 2.05) is 0 Å². The standard InChI is InChI=1S/C14H10ClF3N6O2/c15-7-3-21-12-10(11(19)23-24(12)5-7)13(25)22-8-4-20-2-1-9(8)26-6-14(16,17)18/h1-5H,6H2,(H2,19,23)(H,22,25). The number of amides is 1. The van der Waals surface area contributed by atoms with Crippen LogP contribution < -0.4 is 15.8 Å². The van der Waals surface area contributed by atoms with Crippen molar-refractivity contribution in [3.63, 3.8) is 0 Å². The fraction of sp³-hybridized carbons (Fsp3) is 0.143. The number of carbonyl (C=O) groups excluding carboxylic acids is 1. The fourth-order valence-electron chi connectivity index (χ4n) is 2.09. The van der Waals surface area contributed by atoms with Crippen LogP contribution in [-0.2, 0) is 0 Å². The predicted octanol–water partition coefficient (Wildman–Crippen LogP) is 2.55. The Morgan fingerprint density at radius 3 is 2.88 bits per heavy atom. The molecule has 0 bridgehead atoms. The van der Waals surface area contributed by atoms with Gasteiger partial charge in [0.1, 0.15) is 17.0 Å². The van der Waals surface area contributed by atoms with Gasteiger partial charge in [-0.1, -0.05) is 11.6 Å². The Morgan fingerprint density at radius 1 is 1.38 bits per heavy atom. The van der Waals surface area contributed by atoms with Gasteiger partial charge in [-0.25, -0.2) is 9.50 Å². The van der Waals surface area contributed by atoms with Gasteiger partial charge in [-0.3, -0.25) is 9.78 Å². The molecule has 0 aliphatic heterocycles. The maximum absolute atomic E-state index is 12.5. The topological polar surface area (TPSA) is 107 Å². The highest BCUT2D eigenvalue weighted by Gasteiger charge is 2.29. The van der Waals surface area contributed by atoms with E-state index in [-0.39, 0.29) is 33.5 Å². The molecule has 3 heterocycles. The van der Waals surface area contributed by atoms with E-state index in [1.54, 1.807) is 0 Å². The van der Waals surface area contributed by atoms with E-state index >= 15 is 0 Å². The van der Waals surface area contributed by atoms with Crippen molar-refractivity contribution in [2.45, 2.75) is 6.18 Å². The van der Waals surface area contributed by atoms with Gasteiger partial charge >= 0.3 is 6.18 Å². The Bertz CT molecular complexity index is 975. The predicted molar refractivity (Wildman–Crippen MR) is 86.1 cm³/mol. The van der Waals surface area contributed by atoms with Gasteiger partial charge in [0.25, 0.3) is 5.91 Å². The Kier molecular flexibility index (Phi) is 4.55. The number of halogens is 4. The van der Waals surface area contributed by atoms with Crippen LogP contribution in [0.2, 0.25) is 5.02 Å². The van der Waals surface area contributed by atoms with Crippen molar-refractivity contribution in [3.8, 4) is 5.75 Å². The summed E-state index contributed by atoms with van der Waals surface area (Å²) in [7, 11) is 0. The highest BCUT2D eigenvalue weighted by atomic mass is 35.5. The number of nitrogen functional groups attached to an aromatic ring is 1. The molecular weight excluding hydrogens is 377 g/mol. The second kappa shape index (κ2) is 6.67. The molecule has 0 aromatic carbocycles. The van der Waals surface area contributed by atoms with Crippen molar-refractivity contribution in [3.05, 3.63) is 41.4 Å². The number of nitrogens with zero attached hydrogens (tertiary/aromatic N) is 4. The monoisotopic (exact) mass is 386 g/mol. The van der Waals surface area contributed by atoms with Crippen LogP contribution in [0, 0.1) is 0 Å². The maximum atomic E-state index is 12.5. The second-order valence-corrected chi connectivity index (χ2v) is 5.47. The molecular formula is C14H10ClF3N6O2. The van der Waals surface area contributed by atoms with Gasteiger partial charge in [-0.2, -0.15) is 13.2 Å². The number of fused-ring (bicyclic) bond motifs is 1. The number of aromatic nitrogens is 4. The van der Waals surface area contributed by atoms with Gasteiger partial charge in [0.2, 0.25) is 0 Å². The quantitative estimate of drug-likeness (QED) is 0.713. The summed E-state index contributed by atoms with van der Waals surface area (Å²) in [4.78, 5) is 20.3. The van der Waals surface area contributed by atoms with Gasteiger partial charge in [0, 0.05) is 18.5 Å². The molecule has 12 heteroatoms. The van der Waals surface area contributed by atoms with E-state index < -0.39 is 18.7 Å². The molecule has 0 aliphatic carbocycles. The first-order valence-electron chi connectivity index (χ1n) is 6.99. The van der Waals surface area contributed by atoms with Crippen molar-refractivity contribution >= 4 is 34.7 Å². The number of nitrogens with two attached hydrogens (primary N) is 1. The van der Waals surface area contributed by atoms with Gasteiger partial charge < -0.3 is 15.8 Å². The summed E-state index contributed by atoms with van der Waals surface area (Å²) in [6.45, 7) is -1.52. The molecule has 3 N–H and O–H groups in total. The molecule has 0 radical (unpaired) electrons. The molecule has 0 saturated carbocycles. The van der Waals surface area contributed by atoms with Crippen molar-refractivity contribution < 1.29 is 22.7 Å². The van der Waals surface area contributed by atoms with Gasteiger partial charge in [-0.15, -0.1) is 5.10 Å². The lowest BCUT2D eigenvalue weighted by molar-refractivity contribution is -0.153. The van der Waals surface area contributed by atoms with E-state index in [9.17, 15) is 18.0 Å². The number of pyridine rings is 1. The lowest BCUT2D eigenvalue weighted by Crippen LogP contribution is -2.20. The minimum Gasteiger partial charge on any atom is -0.482 e. The van der Waals surface area contributed by atoms with Gasteiger partial charge in [-0.05, 0) is 0 Å². The highest BCUT2D eigenvalue weighted by molar-refractivity contribution is 6.30. The minimum atomic E-state index is -4.53. The first-order valence-corrected chi connectivity index (χ1v) is 7.36. The molecule has 0 saturated heterocycles. The normalized spacial score (nSPS) is 11.5. The maximum Gasteiger partial charge on any atom is 0.422 e. The molecule has 136 valence electrons. The van der Waals surface area contributed by atoms with E-state index in [0.717, 1.165) is 6.20 Å². The van der Waals surface area contributed by atoms with Crippen molar-refractivity contribution in [1.29, 1.82) is 0 Å². The van der Waals surface area contributed by atoms with Crippen LogP contribution in [0.1, 0.15) is 10.4 Å². The number of hydrogen-bond acceptors (Lipinski definition) is 6. The summed E-state index contributed by atoms with van der Waals surface area (Å²) in [5.74, 6) is -1.06. The average molecular weight is 387 g/mol. The molecule has 0 aliphatic rings. The van der Waals surface area contributed by atoms with Crippen LogP contribution in [0.5, 0.6) is 5.75 Å². The largest absolute Gasteiger partial charge is 0.482 e. The van der Waals surface area contributed by atoms with Crippen molar-refractivity contribution in [2.75, 3.05) is 17.7 Å². The third-order valence-corrected chi connectivity index (χ3v) is 3.31. The van der Waals surface area contributed by atoms with E-state index in [1.165, 1.54) is 29.2 Å². The van der Waals surface area contributed by atoms with Crippen molar-refractivity contribution in [2.24, 2.45) is 0 Å². The molecule has 3 rings (SSSR count). The first-order chi connectivity index (χ1) is 12.2. The summed E-state index contributed by atoms with van der Waals surface area (Å²) in [5.41, 5.74) is 5.75. The third kappa shape index (κ3) is 3.77. The molecule has 3 aromatic rings. The molecule has 0 unspecified atom stereocenters. The average Bonchev–Trinajstić information content (AvgIpc) is 2.88. The van der Waals surface area contributed by atoms with E-state index in [2.05, 4.69) is 25.1 Å². The summed E-state index contributed by atoms with van der Waals surface area (Å²) in [5, 5.41) is 6.60. The summed E-state index contributed by atoms with van der Waals surface area (Å²) in [6.07, 6.45) is 0.556. The zero-order valence-electron chi connectivity index (χ0n) is 12.8. The Labute approximate surface area is 148 Å². The smallest absolute Gasteiger partial charge is 0.422 e. The van der Waals surface area contributed by atoms with Crippen LogP contribution in [0.3, 0.4) is 0 Å². The number of hydrogen-bond donors (Lipinski definition) is 2. The minimum absolute atomic E-state index is 0.0607. The molecule has 0 atom stereocenters. The molecule has 0 spiro atoms. The first kappa shape index (κ1) is 17.7. The second-order valence-electron chi connectivity index (χ2n) is 5.03. The third-order valence-electron chi connectivity index (χ3n) is 3.12. The summed E-state index contributed by atoms with van der Waals surface area (Å²) >= 11 is 5.80. The van der Waals surface area contributed by atoms with Gasteiger partial charge in [0.05, 0.1) is 17.4 Å². The molecule has 8 nitrogen and oxygen atoms in total. The number of alkyl halides is 3. The zero-order valence-corrected chi connectivity index (χ0v) is 13.5. The Hall–Kier alpha value is -3.08. The van der Waals surface area contributed by atoms with E-state index in [4.69, 9.17) is 17.3 Å². The molecule has 26 heavy (non-hydrogen) atoms. The summed E-state index contributed by atoms with van der Waals surface area (Å²) < 4.78 is 42.9. The number of ether oxygens (including phenoxy) is 1. The van der Waals surface area contributed by atoms with Gasteiger partial charge in [0.15, 0.2) is 18.1 Å². The molecule has 0 fully saturated rings. The Morgan fingerprint density at radius 2 is 2.15 bits per heavy atom. The van der Waals surface area contributed by atoms with Crippen molar-refractivity contribution in [1.82, 2.24) is 19.6 Å². The SMILES string of the molecule is Nc1nn2cc(Cl)cnc2c1C(=O)Nc1cnccc1OCC(F)(F)F. The van der Waals surface area contributed by atoms with Crippen LogP contribution in [0.15, 0.2) is 30.9 Å². The van der Waals surface area contributed by atoms with Crippen LogP contribution in [-0.4, -0.2) is 38.3 Å². The highest BCUT2D eigenvalue weighted by Crippen LogP contribution is 2.27. The van der Waals surface area contributed by atoms with Crippen LogP contribution in [0.25, 0.3) is 5.65 Å². The molecule has 1 amide bonds. The lowest BCUT2D eigenvalue weighted by atomic mass is 10.2. The molecule has 3 aromatic heterocycles. The zero-order chi connectivity index (χ0) is 18.9. The number of anilines is 2. The fourth-order valence-corrected chi connectivity index (χ4v) is 2.23. The van der Waals surface area contributed by atoms with Crippen LogP contribution >= 0.6 is 11.6 Å². The number of rotatable bonds is 4. The lowest BCUT2D eigenvalue weighted by Gasteiger charge is -2.13. The number of carbonyl (C=O) groups is 1. The number of nitrogens with one attached hydrogen (secondary N) is 1.